The highest BCUT2D eigenvalue weighted by molar-refractivity contribution is 7.90. The molecular weight excluding hydrogens is 324 g/mol. The number of nitrogens with zero attached hydrogens (tertiary/aromatic N) is 4. The number of aryl methyl sites for hydroxylation is 1. The van der Waals surface area contributed by atoms with Gasteiger partial charge in [0, 0.05) is 37.9 Å². The number of piperidine rings is 1. The van der Waals surface area contributed by atoms with E-state index < -0.39 is 10.0 Å². The fourth-order valence-electron chi connectivity index (χ4n) is 4.03. The topological polar surface area (TPSA) is 66.4 Å². The molecule has 0 radical (unpaired) electrons. The molecule has 0 unspecified atom stereocenters. The Morgan fingerprint density at radius 1 is 1.17 bits per heavy atom. The zero-order chi connectivity index (χ0) is 16.7. The van der Waals surface area contributed by atoms with Gasteiger partial charge in [-0.2, -0.15) is 0 Å². The van der Waals surface area contributed by atoms with E-state index in [2.05, 4.69) is 14.9 Å². The molecule has 3 aliphatic rings. The Bertz CT molecular complexity index is 709. The number of sulfonamides is 1. The molecule has 24 heavy (non-hydrogen) atoms. The van der Waals surface area contributed by atoms with Crippen molar-refractivity contribution in [3.63, 3.8) is 0 Å². The number of aromatic nitrogens is 2. The zero-order valence-electron chi connectivity index (χ0n) is 14.3. The van der Waals surface area contributed by atoms with E-state index >= 15 is 0 Å². The Balaban J connectivity index is 1.36. The molecule has 2 fully saturated rings. The van der Waals surface area contributed by atoms with E-state index in [-0.39, 0.29) is 5.25 Å². The van der Waals surface area contributed by atoms with E-state index in [1.165, 1.54) is 17.7 Å². The van der Waals surface area contributed by atoms with Crippen molar-refractivity contribution in [3.05, 3.63) is 17.6 Å². The molecule has 4 rings (SSSR count). The summed E-state index contributed by atoms with van der Waals surface area (Å²) in [5, 5.41) is -0.105. The Kier molecular flexibility index (Phi) is 4.24. The fraction of sp³-hybridized carbons (Fsp3) is 0.765. The Morgan fingerprint density at radius 3 is 2.62 bits per heavy atom. The molecule has 0 aromatic carbocycles. The second-order valence-corrected chi connectivity index (χ2v) is 9.75. The van der Waals surface area contributed by atoms with E-state index in [0.29, 0.717) is 12.5 Å². The predicted molar refractivity (Wildman–Crippen MR) is 93.6 cm³/mol. The summed E-state index contributed by atoms with van der Waals surface area (Å²) in [5.74, 6) is 1.57. The van der Waals surface area contributed by atoms with Crippen LogP contribution in [0.15, 0.2) is 6.33 Å². The molecule has 2 aliphatic carbocycles. The van der Waals surface area contributed by atoms with E-state index in [1.807, 2.05) is 0 Å². The summed E-state index contributed by atoms with van der Waals surface area (Å²) in [4.78, 5) is 11.3. The van der Waals surface area contributed by atoms with Crippen LogP contribution in [0, 0.1) is 5.92 Å². The maximum absolute atomic E-state index is 12.3. The summed E-state index contributed by atoms with van der Waals surface area (Å²) in [7, 11) is -1.29. The fourth-order valence-corrected chi connectivity index (χ4v) is 5.69. The number of hydrogen-bond acceptors (Lipinski definition) is 5. The van der Waals surface area contributed by atoms with Crippen LogP contribution in [0.1, 0.15) is 43.4 Å². The number of fused-ring (bicyclic) bond motifs is 1. The molecule has 132 valence electrons. The Labute approximate surface area is 144 Å². The predicted octanol–water partition coefficient (Wildman–Crippen LogP) is 1.61. The van der Waals surface area contributed by atoms with Crippen molar-refractivity contribution in [1.82, 2.24) is 14.3 Å². The summed E-state index contributed by atoms with van der Waals surface area (Å²) < 4.78 is 26.2. The summed E-state index contributed by atoms with van der Waals surface area (Å²) in [6.07, 6.45) is 8.78. The smallest absolute Gasteiger partial charge is 0.216 e. The van der Waals surface area contributed by atoms with Crippen LogP contribution in [0.25, 0.3) is 0 Å². The van der Waals surface area contributed by atoms with Crippen LogP contribution in [0.3, 0.4) is 0 Å². The molecule has 0 bridgehead atoms. The van der Waals surface area contributed by atoms with Gasteiger partial charge in [-0.3, -0.25) is 0 Å². The lowest BCUT2D eigenvalue weighted by molar-refractivity contribution is 0.327. The summed E-state index contributed by atoms with van der Waals surface area (Å²) in [5.41, 5.74) is 2.56. The van der Waals surface area contributed by atoms with Gasteiger partial charge in [-0.05, 0) is 50.9 Å². The van der Waals surface area contributed by atoms with Gasteiger partial charge < -0.3 is 4.90 Å². The first kappa shape index (κ1) is 16.3. The van der Waals surface area contributed by atoms with Crippen LogP contribution in [0.5, 0.6) is 0 Å². The quantitative estimate of drug-likeness (QED) is 0.807. The van der Waals surface area contributed by atoms with Crippen LogP contribution >= 0.6 is 0 Å². The van der Waals surface area contributed by atoms with Crippen LogP contribution in [-0.4, -0.2) is 54.6 Å². The van der Waals surface area contributed by atoms with E-state index in [4.69, 9.17) is 0 Å². The van der Waals surface area contributed by atoms with Gasteiger partial charge in [-0.15, -0.1) is 0 Å². The van der Waals surface area contributed by atoms with E-state index in [9.17, 15) is 8.42 Å². The van der Waals surface area contributed by atoms with Crippen molar-refractivity contribution in [3.8, 4) is 0 Å². The molecule has 0 spiro atoms. The van der Waals surface area contributed by atoms with Crippen molar-refractivity contribution in [2.75, 3.05) is 31.6 Å². The first-order valence-electron chi connectivity index (χ1n) is 9.08. The summed E-state index contributed by atoms with van der Waals surface area (Å²) in [6, 6.07) is 0. The average Bonchev–Trinajstić information content (AvgIpc) is 3.34. The van der Waals surface area contributed by atoms with Crippen LogP contribution in [0.2, 0.25) is 0 Å². The standard InChI is InChI=1S/C17H26N4O2S/c1-20(24(22,23)14-5-6-14)11-13-7-9-21(10-8-13)17-15-3-2-4-16(15)18-12-19-17/h12-14H,2-11H2,1H3. The van der Waals surface area contributed by atoms with E-state index in [1.54, 1.807) is 17.7 Å². The highest BCUT2D eigenvalue weighted by Gasteiger charge is 2.39. The lowest BCUT2D eigenvalue weighted by Gasteiger charge is -2.35. The molecule has 1 aliphatic heterocycles. The highest BCUT2D eigenvalue weighted by Crippen LogP contribution is 2.33. The molecule has 7 heteroatoms. The number of hydrogen-bond donors (Lipinski definition) is 0. The molecule has 1 aromatic rings. The lowest BCUT2D eigenvalue weighted by Crippen LogP contribution is -2.40. The monoisotopic (exact) mass is 350 g/mol. The molecule has 0 atom stereocenters. The van der Waals surface area contributed by atoms with Gasteiger partial charge in [0.1, 0.15) is 12.1 Å². The van der Waals surface area contributed by atoms with Crippen molar-refractivity contribution >= 4 is 15.8 Å². The van der Waals surface area contributed by atoms with E-state index in [0.717, 1.165) is 57.4 Å². The van der Waals surface area contributed by atoms with Gasteiger partial charge in [0.2, 0.25) is 10.0 Å². The molecule has 0 N–H and O–H groups in total. The maximum Gasteiger partial charge on any atom is 0.216 e. The molecule has 6 nitrogen and oxygen atoms in total. The van der Waals surface area contributed by atoms with Gasteiger partial charge in [0.15, 0.2) is 0 Å². The summed E-state index contributed by atoms with van der Waals surface area (Å²) in [6.45, 7) is 2.59. The van der Waals surface area contributed by atoms with Crippen LogP contribution in [-0.2, 0) is 22.9 Å². The van der Waals surface area contributed by atoms with Gasteiger partial charge in [0.05, 0.1) is 5.25 Å². The average molecular weight is 350 g/mol. The first-order valence-corrected chi connectivity index (χ1v) is 10.6. The molecule has 2 heterocycles. The van der Waals surface area contributed by atoms with Gasteiger partial charge in [-0.1, -0.05) is 0 Å². The second-order valence-electron chi connectivity index (χ2n) is 7.43. The third-order valence-electron chi connectivity index (χ3n) is 5.66. The zero-order valence-corrected chi connectivity index (χ0v) is 15.1. The van der Waals surface area contributed by atoms with Crippen molar-refractivity contribution in [2.24, 2.45) is 5.92 Å². The third kappa shape index (κ3) is 3.04. The molecule has 1 aromatic heterocycles. The Hall–Kier alpha value is -1.21. The van der Waals surface area contributed by atoms with Crippen molar-refractivity contribution in [2.45, 2.75) is 50.2 Å². The molecule has 1 saturated carbocycles. The highest BCUT2D eigenvalue weighted by atomic mass is 32.2. The van der Waals surface area contributed by atoms with Gasteiger partial charge in [-0.25, -0.2) is 22.7 Å². The number of rotatable bonds is 5. The third-order valence-corrected chi connectivity index (χ3v) is 7.99. The SMILES string of the molecule is CN(CC1CCN(c2ncnc3c2CCC3)CC1)S(=O)(=O)C1CC1. The lowest BCUT2D eigenvalue weighted by atomic mass is 9.96. The minimum atomic E-state index is -3.04. The molecule has 0 amide bonds. The Morgan fingerprint density at radius 2 is 1.92 bits per heavy atom. The minimum absolute atomic E-state index is 0.105. The van der Waals surface area contributed by atoms with Crippen LogP contribution < -0.4 is 4.90 Å². The van der Waals surface area contributed by atoms with Crippen LogP contribution in [0.4, 0.5) is 5.82 Å². The summed E-state index contributed by atoms with van der Waals surface area (Å²) >= 11 is 0. The maximum atomic E-state index is 12.3. The number of anilines is 1. The largest absolute Gasteiger partial charge is 0.356 e. The van der Waals surface area contributed by atoms with Gasteiger partial charge >= 0.3 is 0 Å². The minimum Gasteiger partial charge on any atom is -0.356 e. The van der Waals surface area contributed by atoms with Crippen molar-refractivity contribution in [1.29, 1.82) is 0 Å². The van der Waals surface area contributed by atoms with Gasteiger partial charge in [0.25, 0.3) is 0 Å². The normalized spacial score (nSPS) is 22.2. The first-order chi connectivity index (χ1) is 11.6. The van der Waals surface area contributed by atoms with Crippen molar-refractivity contribution < 1.29 is 8.42 Å². The second kappa shape index (κ2) is 6.26. The molecular formula is C17H26N4O2S. The molecule has 1 saturated heterocycles.